The number of nitrogens with one attached hydrogen (secondary N) is 1. The first kappa shape index (κ1) is 29.5. The minimum Gasteiger partial charge on any atom is -0.495 e. The molecular formula is C27H23ClIN3O7. The monoisotopic (exact) mass is 663 g/mol. The summed E-state index contributed by atoms with van der Waals surface area (Å²) in [6, 6.07) is 14.4. The van der Waals surface area contributed by atoms with Gasteiger partial charge < -0.3 is 24.3 Å². The number of carbonyl (C=O) groups excluding carboxylic acids is 1. The molecule has 0 aliphatic rings. The van der Waals surface area contributed by atoms with Crippen LogP contribution in [0.2, 0.25) is 5.02 Å². The van der Waals surface area contributed by atoms with Crippen LogP contribution in [0.4, 0.5) is 11.4 Å². The molecule has 0 bridgehead atoms. The lowest BCUT2D eigenvalue weighted by molar-refractivity contribution is -0.384. The second-order valence-electron chi connectivity index (χ2n) is 7.79. The molecule has 10 nitrogen and oxygen atoms in total. The molecule has 39 heavy (non-hydrogen) atoms. The molecule has 0 aromatic heterocycles. The highest BCUT2D eigenvalue weighted by Gasteiger charge is 2.17. The van der Waals surface area contributed by atoms with Gasteiger partial charge in [0.05, 0.1) is 40.0 Å². The average Bonchev–Trinajstić information content (AvgIpc) is 2.92. The normalized spacial score (nSPS) is 10.8. The number of methoxy groups -OCH3 is 2. The van der Waals surface area contributed by atoms with E-state index in [2.05, 4.69) is 27.9 Å². The fourth-order valence-electron chi connectivity index (χ4n) is 3.41. The van der Waals surface area contributed by atoms with Crippen LogP contribution in [0.5, 0.6) is 23.0 Å². The van der Waals surface area contributed by atoms with Gasteiger partial charge in [-0.15, -0.1) is 0 Å². The highest BCUT2D eigenvalue weighted by Crippen LogP contribution is 2.37. The number of non-ortho nitro benzene ring substituents is 1. The average molecular weight is 664 g/mol. The van der Waals surface area contributed by atoms with E-state index in [0.717, 1.165) is 5.56 Å². The van der Waals surface area contributed by atoms with Crippen LogP contribution < -0.4 is 24.3 Å². The van der Waals surface area contributed by atoms with Crippen LogP contribution in [0.15, 0.2) is 54.1 Å². The van der Waals surface area contributed by atoms with Crippen molar-refractivity contribution in [3.8, 4) is 29.1 Å². The van der Waals surface area contributed by atoms with Crippen LogP contribution in [0.3, 0.4) is 0 Å². The molecule has 0 atom stereocenters. The molecule has 0 radical (unpaired) electrons. The number of carbonyl (C=O) groups is 1. The molecule has 1 N–H and O–H groups in total. The molecule has 0 fully saturated rings. The molecule has 12 heteroatoms. The molecule has 3 aromatic carbocycles. The smallest absolute Gasteiger partial charge is 0.269 e. The second kappa shape index (κ2) is 13.7. The Morgan fingerprint density at radius 3 is 2.38 bits per heavy atom. The van der Waals surface area contributed by atoms with Crippen LogP contribution in [0, 0.1) is 25.0 Å². The Bertz CT molecular complexity index is 1450. The number of hydrogen-bond donors (Lipinski definition) is 1. The van der Waals surface area contributed by atoms with Gasteiger partial charge in [0, 0.05) is 24.3 Å². The summed E-state index contributed by atoms with van der Waals surface area (Å²) in [6.45, 7) is 2.32. The van der Waals surface area contributed by atoms with Crippen molar-refractivity contribution in [3.05, 3.63) is 83.9 Å². The molecule has 0 unspecified atom stereocenters. The fourth-order valence-corrected chi connectivity index (χ4v) is 4.42. The molecule has 3 rings (SSSR count). The Morgan fingerprint density at radius 2 is 1.79 bits per heavy atom. The molecule has 0 spiro atoms. The summed E-state index contributed by atoms with van der Waals surface area (Å²) in [6.07, 6.45) is 1.43. The Balaban J connectivity index is 1.86. The van der Waals surface area contributed by atoms with Gasteiger partial charge in [-0.3, -0.25) is 14.9 Å². The van der Waals surface area contributed by atoms with E-state index < -0.39 is 10.8 Å². The number of halogens is 2. The third-order valence-corrected chi connectivity index (χ3v) is 6.36. The van der Waals surface area contributed by atoms with Gasteiger partial charge >= 0.3 is 0 Å². The number of nitro benzene ring substituents is 1. The van der Waals surface area contributed by atoms with Crippen molar-refractivity contribution >= 4 is 57.5 Å². The highest BCUT2D eigenvalue weighted by molar-refractivity contribution is 14.1. The van der Waals surface area contributed by atoms with Gasteiger partial charge in [0.15, 0.2) is 11.5 Å². The van der Waals surface area contributed by atoms with E-state index in [4.69, 9.17) is 30.5 Å². The zero-order valence-corrected chi connectivity index (χ0v) is 24.0. The Hall–Kier alpha value is -4.02. The zero-order valence-electron chi connectivity index (χ0n) is 21.1. The largest absolute Gasteiger partial charge is 0.495 e. The van der Waals surface area contributed by atoms with E-state index in [1.165, 1.54) is 44.6 Å². The van der Waals surface area contributed by atoms with Crippen molar-refractivity contribution < 1.29 is 28.7 Å². The Morgan fingerprint density at radius 1 is 1.10 bits per heavy atom. The summed E-state index contributed by atoms with van der Waals surface area (Å²) in [7, 11) is 2.87. The molecule has 0 aliphatic heterocycles. The zero-order chi connectivity index (χ0) is 28.5. The van der Waals surface area contributed by atoms with Crippen molar-refractivity contribution in [2.75, 3.05) is 26.1 Å². The number of ether oxygens (including phenoxy) is 4. The first-order chi connectivity index (χ1) is 18.7. The van der Waals surface area contributed by atoms with Crippen molar-refractivity contribution in [1.82, 2.24) is 0 Å². The quantitative estimate of drug-likeness (QED) is 0.0820. The summed E-state index contributed by atoms with van der Waals surface area (Å²) in [5.41, 5.74) is 1.39. The Labute approximate surface area is 243 Å². The van der Waals surface area contributed by atoms with E-state index in [0.29, 0.717) is 43.8 Å². The predicted molar refractivity (Wildman–Crippen MR) is 155 cm³/mol. The lowest BCUT2D eigenvalue weighted by atomic mass is 10.1. The third-order valence-electron chi connectivity index (χ3n) is 5.26. The molecule has 0 aliphatic carbocycles. The summed E-state index contributed by atoms with van der Waals surface area (Å²) >= 11 is 8.20. The number of nitrogens with zero attached hydrogens (tertiary/aromatic N) is 2. The predicted octanol–water partition coefficient (Wildman–Crippen LogP) is 6.39. The van der Waals surface area contributed by atoms with Gasteiger partial charge in [0.2, 0.25) is 0 Å². The van der Waals surface area contributed by atoms with Crippen molar-refractivity contribution in [3.63, 3.8) is 0 Å². The van der Waals surface area contributed by atoms with E-state index in [1.54, 1.807) is 24.3 Å². The summed E-state index contributed by atoms with van der Waals surface area (Å²) in [5, 5.41) is 23.5. The van der Waals surface area contributed by atoms with Crippen molar-refractivity contribution in [1.29, 1.82) is 5.26 Å². The number of anilines is 1. The molecule has 1 amide bonds. The van der Waals surface area contributed by atoms with Gasteiger partial charge in [-0.05, 0) is 71.0 Å². The topological polar surface area (TPSA) is 133 Å². The van der Waals surface area contributed by atoms with Gasteiger partial charge in [0.25, 0.3) is 11.6 Å². The first-order valence-electron chi connectivity index (χ1n) is 11.4. The van der Waals surface area contributed by atoms with E-state index >= 15 is 0 Å². The molecule has 0 saturated carbocycles. The van der Waals surface area contributed by atoms with Gasteiger partial charge in [-0.1, -0.05) is 11.6 Å². The second-order valence-corrected chi connectivity index (χ2v) is 9.36. The van der Waals surface area contributed by atoms with E-state index in [1.807, 2.05) is 13.0 Å². The Kier molecular flexibility index (Phi) is 10.4. The molecule has 202 valence electrons. The van der Waals surface area contributed by atoms with Crippen LogP contribution in [0.1, 0.15) is 18.1 Å². The standard InChI is InChI=1S/C27H23ClIN3O7/c1-4-38-25-11-17(10-21(29)26(25)39-15-16-5-7-19(8-6-16)32(34)35)9-18(14-30)27(33)31-22-13-23(36-2)20(28)12-24(22)37-3/h5-13H,4,15H2,1-3H3,(H,31,33)/b18-9+. The van der Waals surface area contributed by atoms with Crippen LogP contribution in [-0.4, -0.2) is 31.7 Å². The molecule has 0 heterocycles. The number of hydrogen-bond acceptors (Lipinski definition) is 8. The molecule has 3 aromatic rings. The number of amides is 1. The van der Waals surface area contributed by atoms with Gasteiger partial charge in [-0.25, -0.2) is 0 Å². The van der Waals surface area contributed by atoms with Crippen LogP contribution in [-0.2, 0) is 11.4 Å². The first-order valence-corrected chi connectivity index (χ1v) is 12.8. The maximum atomic E-state index is 13.0. The highest BCUT2D eigenvalue weighted by atomic mass is 127. The van der Waals surface area contributed by atoms with Crippen molar-refractivity contribution in [2.45, 2.75) is 13.5 Å². The lowest BCUT2D eigenvalue weighted by Crippen LogP contribution is -2.14. The molecule has 0 saturated heterocycles. The van der Waals surface area contributed by atoms with Crippen LogP contribution >= 0.6 is 34.2 Å². The van der Waals surface area contributed by atoms with E-state index in [9.17, 15) is 20.2 Å². The SMILES string of the molecule is CCOc1cc(/C=C(\C#N)C(=O)Nc2cc(OC)c(Cl)cc2OC)cc(I)c1OCc1ccc([N+](=O)[O-])cc1. The minimum absolute atomic E-state index is 0.00884. The molecular weight excluding hydrogens is 641 g/mol. The number of nitriles is 1. The number of rotatable bonds is 11. The number of benzene rings is 3. The summed E-state index contributed by atoms with van der Waals surface area (Å²) in [4.78, 5) is 23.4. The number of nitro groups is 1. The summed E-state index contributed by atoms with van der Waals surface area (Å²) < 4.78 is 22.9. The third kappa shape index (κ3) is 7.52. The van der Waals surface area contributed by atoms with E-state index in [-0.39, 0.29) is 23.6 Å². The lowest BCUT2D eigenvalue weighted by Gasteiger charge is -2.15. The van der Waals surface area contributed by atoms with Gasteiger partial charge in [0.1, 0.15) is 29.7 Å². The van der Waals surface area contributed by atoms with Gasteiger partial charge in [-0.2, -0.15) is 5.26 Å². The minimum atomic E-state index is -0.661. The summed E-state index contributed by atoms with van der Waals surface area (Å²) in [5.74, 6) is 0.851. The van der Waals surface area contributed by atoms with Crippen molar-refractivity contribution in [2.24, 2.45) is 0 Å². The maximum Gasteiger partial charge on any atom is 0.269 e. The van der Waals surface area contributed by atoms with Crippen LogP contribution in [0.25, 0.3) is 6.08 Å². The maximum absolute atomic E-state index is 13.0. The fraction of sp³-hybridized carbons (Fsp3) is 0.185.